The van der Waals surface area contributed by atoms with Crippen molar-refractivity contribution in [1.82, 2.24) is 19.7 Å². The summed E-state index contributed by atoms with van der Waals surface area (Å²) in [5.74, 6) is 1.20. The molecule has 3 aromatic rings. The molecule has 1 aromatic carbocycles. The Bertz CT molecular complexity index is 1030. The molecule has 1 fully saturated rings. The third kappa shape index (κ3) is 5.28. The van der Waals surface area contributed by atoms with Gasteiger partial charge in [0.25, 0.3) is 0 Å². The van der Waals surface area contributed by atoms with Crippen molar-refractivity contribution in [2.45, 2.75) is 55.8 Å². The highest BCUT2D eigenvalue weighted by molar-refractivity contribution is 7.99. The molecule has 7 heteroatoms. The smallest absolute Gasteiger partial charge is 0.198 e. The highest BCUT2D eigenvalue weighted by Crippen LogP contribution is 2.29. The number of hydrogen-bond acceptors (Lipinski definition) is 6. The molecule has 1 atom stereocenters. The first-order valence-electron chi connectivity index (χ1n) is 10.8. The number of benzene rings is 1. The van der Waals surface area contributed by atoms with Crippen LogP contribution in [0.3, 0.4) is 0 Å². The first kappa shape index (κ1) is 21.8. The first-order valence-corrected chi connectivity index (χ1v) is 11.6. The Labute approximate surface area is 188 Å². The molecule has 1 aliphatic heterocycles. The monoisotopic (exact) mass is 438 g/mol. The van der Waals surface area contributed by atoms with Crippen LogP contribution in [0, 0.1) is 5.92 Å². The summed E-state index contributed by atoms with van der Waals surface area (Å²) in [6, 6.07) is 12.1. The maximum atomic E-state index is 13.1. The summed E-state index contributed by atoms with van der Waals surface area (Å²) in [5, 5.41) is 9.57. The highest BCUT2D eigenvalue weighted by Gasteiger charge is 2.27. The van der Waals surface area contributed by atoms with Crippen LogP contribution in [0.15, 0.2) is 57.4 Å². The van der Waals surface area contributed by atoms with Crippen LogP contribution in [0.1, 0.15) is 55.3 Å². The van der Waals surface area contributed by atoms with Crippen molar-refractivity contribution in [3.8, 4) is 0 Å². The van der Waals surface area contributed by atoms with E-state index in [0.29, 0.717) is 6.54 Å². The van der Waals surface area contributed by atoms with E-state index in [1.807, 2.05) is 35.9 Å². The molecule has 31 heavy (non-hydrogen) atoms. The van der Waals surface area contributed by atoms with Gasteiger partial charge in [-0.3, -0.25) is 9.69 Å². The summed E-state index contributed by atoms with van der Waals surface area (Å²) in [4.78, 5) is 15.4. The highest BCUT2D eigenvalue weighted by atomic mass is 32.2. The molecule has 3 heterocycles. The maximum absolute atomic E-state index is 13.1. The Balaban J connectivity index is 1.36. The number of carbonyl (C=O) groups is 1. The van der Waals surface area contributed by atoms with Gasteiger partial charge in [-0.05, 0) is 54.3 Å². The fourth-order valence-electron chi connectivity index (χ4n) is 3.96. The molecule has 0 spiro atoms. The number of aryl methyl sites for hydroxylation is 1. The van der Waals surface area contributed by atoms with Gasteiger partial charge in [-0.1, -0.05) is 45.0 Å². The number of rotatable bonds is 6. The minimum Gasteiger partial charge on any atom is -0.453 e. The molecule has 2 aromatic heterocycles. The van der Waals surface area contributed by atoms with Crippen molar-refractivity contribution >= 4 is 17.5 Å². The van der Waals surface area contributed by atoms with Crippen LogP contribution >= 0.6 is 11.8 Å². The maximum Gasteiger partial charge on any atom is 0.198 e. The zero-order valence-corrected chi connectivity index (χ0v) is 19.5. The molecule has 6 nitrogen and oxygen atoms in total. The molecule has 0 N–H and O–H groups in total. The summed E-state index contributed by atoms with van der Waals surface area (Å²) in [6.07, 6.45) is 3.65. The molecule has 1 aliphatic rings. The van der Waals surface area contributed by atoms with E-state index in [0.717, 1.165) is 47.5 Å². The third-order valence-electron chi connectivity index (χ3n) is 5.79. The lowest BCUT2D eigenvalue weighted by Crippen LogP contribution is -2.38. The Morgan fingerprint density at radius 1 is 1.19 bits per heavy atom. The topological polar surface area (TPSA) is 64.2 Å². The Morgan fingerprint density at radius 2 is 1.97 bits per heavy atom. The Hall–Kier alpha value is -2.38. The molecule has 0 saturated carbocycles. The molecule has 0 aliphatic carbocycles. The van der Waals surface area contributed by atoms with Gasteiger partial charge in [0, 0.05) is 25.1 Å². The average molecular weight is 439 g/mol. The number of likely N-dealkylation sites (tertiary alicyclic amines) is 1. The molecule has 0 amide bonds. The predicted octanol–water partition coefficient (Wildman–Crippen LogP) is 4.95. The minimum atomic E-state index is 0.0386. The second-order valence-corrected chi connectivity index (χ2v) is 10.3. The number of hydrogen-bond donors (Lipinski definition) is 0. The number of aromatic nitrogens is 3. The van der Waals surface area contributed by atoms with Gasteiger partial charge in [0.1, 0.15) is 12.1 Å². The van der Waals surface area contributed by atoms with E-state index in [4.69, 9.17) is 4.42 Å². The van der Waals surface area contributed by atoms with Crippen molar-refractivity contribution in [2.24, 2.45) is 13.0 Å². The van der Waals surface area contributed by atoms with Crippen molar-refractivity contribution in [3.05, 3.63) is 59.6 Å². The normalized spacial score (nSPS) is 17.7. The number of Topliss-reactive ketones (excluding diaryl/α,β-unsaturated/α-hetero) is 1. The minimum absolute atomic E-state index is 0.0386. The van der Waals surface area contributed by atoms with E-state index < -0.39 is 0 Å². The van der Waals surface area contributed by atoms with E-state index in [2.05, 4.69) is 48.0 Å². The van der Waals surface area contributed by atoms with Crippen LogP contribution in [0.4, 0.5) is 0 Å². The third-order valence-corrected chi connectivity index (χ3v) is 6.76. The van der Waals surface area contributed by atoms with Gasteiger partial charge >= 0.3 is 0 Å². The molecular weight excluding hydrogens is 408 g/mol. The van der Waals surface area contributed by atoms with Gasteiger partial charge in [-0.2, -0.15) is 0 Å². The van der Waals surface area contributed by atoms with Crippen molar-refractivity contribution < 1.29 is 9.21 Å². The number of piperidine rings is 1. The molecule has 0 unspecified atom stereocenters. The summed E-state index contributed by atoms with van der Waals surface area (Å²) in [7, 11) is 1.91. The van der Waals surface area contributed by atoms with Crippen LogP contribution < -0.4 is 0 Å². The van der Waals surface area contributed by atoms with E-state index in [9.17, 15) is 4.79 Å². The zero-order valence-electron chi connectivity index (χ0n) is 18.7. The van der Waals surface area contributed by atoms with Gasteiger partial charge in [-0.25, -0.2) is 0 Å². The molecule has 1 saturated heterocycles. The Kier molecular flexibility index (Phi) is 6.34. The number of ketones is 1. The lowest BCUT2D eigenvalue weighted by atomic mass is 9.85. The van der Waals surface area contributed by atoms with Crippen molar-refractivity contribution in [2.75, 3.05) is 13.1 Å². The fraction of sp³-hybridized carbons (Fsp3) is 0.458. The van der Waals surface area contributed by atoms with Crippen LogP contribution in [0.2, 0.25) is 0 Å². The predicted molar refractivity (Wildman–Crippen MR) is 121 cm³/mol. The van der Waals surface area contributed by atoms with E-state index >= 15 is 0 Å². The molecule has 164 valence electrons. The lowest BCUT2D eigenvalue weighted by molar-refractivity contribution is 0.0801. The van der Waals surface area contributed by atoms with Gasteiger partial charge in [0.2, 0.25) is 0 Å². The average Bonchev–Trinajstić information content (AvgIpc) is 3.36. The quantitative estimate of drug-likeness (QED) is 0.507. The standard InChI is InChI=1S/C24H30N4O2S/c1-24(2,3)19-9-7-17(8-10-19)22(29)18-6-5-13-28(14-18)15-20-11-12-21(30-20)31-23-26-25-16-27(23)4/h7-12,16,18H,5-6,13-15H2,1-4H3/t18-/m1/s1. The van der Waals surface area contributed by atoms with E-state index in [-0.39, 0.29) is 17.1 Å². The summed E-state index contributed by atoms with van der Waals surface area (Å²) < 4.78 is 7.86. The molecule has 0 radical (unpaired) electrons. The van der Waals surface area contributed by atoms with Crippen LogP contribution in [0.5, 0.6) is 0 Å². The summed E-state index contributed by atoms with van der Waals surface area (Å²) in [6.45, 7) is 9.04. The number of nitrogens with zero attached hydrogens (tertiary/aromatic N) is 4. The number of carbonyl (C=O) groups excluding carboxylic acids is 1. The summed E-state index contributed by atoms with van der Waals surface area (Å²) >= 11 is 1.46. The number of furan rings is 1. The first-order chi connectivity index (χ1) is 14.8. The SMILES string of the molecule is Cn1cnnc1Sc1ccc(CN2CCC[C@@H](C(=O)c3ccc(C(C)(C)C)cc3)C2)o1. The second-order valence-electron chi connectivity index (χ2n) is 9.31. The van der Waals surface area contributed by atoms with Crippen LogP contribution in [-0.4, -0.2) is 38.5 Å². The largest absolute Gasteiger partial charge is 0.453 e. The van der Waals surface area contributed by atoms with Gasteiger partial charge in [0.05, 0.1) is 6.54 Å². The molecule has 0 bridgehead atoms. The zero-order chi connectivity index (χ0) is 22.0. The second kappa shape index (κ2) is 9.01. The fourth-order valence-corrected chi connectivity index (χ4v) is 4.70. The molecule has 4 rings (SSSR count). The van der Waals surface area contributed by atoms with Gasteiger partial charge in [0.15, 0.2) is 16.0 Å². The van der Waals surface area contributed by atoms with E-state index in [1.54, 1.807) is 6.33 Å². The van der Waals surface area contributed by atoms with Crippen LogP contribution in [-0.2, 0) is 19.0 Å². The van der Waals surface area contributed by atoms with Crippen molar-refractivity contribution in [3.63, 3.8) is 0 Å². The van der Waals surface area contributed by atoms with E-state index in [1.165, 1.54) is 17.3 Å². The molecular formula is C24H30N4O2S. The Morgan fingerprint density at radius 3 is 2.65 bits per heavy atom. The summed E-state index contributed by atoms with van der Waals surface area (Å²) in [5.41, 5.74) is 2.17. The van der Waals surface area contributed by atoms with Gasteiger partial charge < -0.3 is 8.98 Å². The van der Waals surface area contributed by atoms with Crippen LogP contribution in [0.25, 0.3) is 0 Å². The van der Waals surface area contributed by atoms with Gasteiger partial charge in [-0.15, -0.1) is 10.2 Å². The van der Waals surface area contributed by atoms with Crippen molar-refractivity contribution in [1.29, 1.82) is 0 Å². The lowest BCUT2D eigenvalue weighted by Gasteiger charge is -2.31.